The number of rotatable bonds is 3. The molecule has 0 aliphatic rings. The van der Waals surface area contributed by atoms with Gasteiger partial charge in [0.1, 0.15) is 12.4 Å². The van der Waals surface area contributed by atoms with Crippen LogP contribution >= 0.6 is 38.5 Å². The van der Waals surface area contributed by atoms with Crippen molar-refractivity contribution >= 4 is 44.2 Å². The maximum absolute atomic E-state index is 5.90. The van der Waals surface area contributed by atoms with Crippen LogP contribution in [0.4, 0.5) is 5.69 Å². The van der Waals surface area contributed by atoms with Crippen molar-refractivity contribution in [2.45, 2.75) is 6.61 Å². The van der Waals surface area contributed by atoms with E-state index in [-0.39, 0.29) is 0 Å². The zero-order valence-corrected chi connectivity index (χ0v) is 12.7. The van der Waals surface area contributed by atoms with Gasteiger partial charge < -0.3 is 10.5 Å². The topological polar surface area (TPSA) is 35.2 Å². The van der Waals surface area contributed by atoms with Gasteiger partial charge in [-0.1, -0.05) is 22.0 Å². The molecule has 4 heteroatoms. The number of hydrogen-bond donors (Lipinski definition) is 1. The number of anilines is 1. The van der Waals surface area contributed by atoms with Crippen molar-refractivity contribution in [3.05, 3.63) is 56.1 Å². The van der Waals surface area contributed by atoms with Crippen LogP contribution in [0.15, 0.2) is 46.9 Å². The van der Waals surface area contributed by atoms with Crippen LogP contribution in [0.2, 0.25) is 0 Å². The molecule has 88 valence electrons. The van der Waals surface area contributed by atoms with Crippen LogP contribution in [0.25, 0.3) is 0 Å². The van der Waals surface area contributed by atoms with E-state index in [1.807, 2.05) is 42.5 Å². The van der Waals surface area contributed by atoms with Gasteiger partial charge in [0.2, 0.25) is 0 Å². The summed E-state index contributed by atoms with van der Waals surface area (Å²) in [6.45, 7) is 0.466. The number of benzene rings is 2. The van der Waals surface area contributed by atoms with Crippen molar-refractivity contribution in [1.82, 2.24) is 0 Å². The second kappa shape index (κ2) is 5.73. The van der Waals surface area contributed by atoms with Gasteiger partial charge in [0.05, 0.1) is 0 Å². The third-order valence-electron chi connectivity index (χ3n) is 2.35. The molecule has 2 rings (SSSR count). The van der Waals surface area contributed by atoms with Gasteiger partial charge in [-0.25, -0.2) is 0 Å². The molecule has 0 aliphatic carbocycles. The van der Waals surface area contributed by atoms with Crippen molar-refractivity contribution in [2.75, 3.05) is 5.73 Å². The Hall–Kier alpha value is -0.750. The average Bonchev–Trinajstić information content (AvgIpc) is 2.31. The Morgan fingerprint density at radius 1 is 1.12 bits per heavy atom. The summed E-state index contributed by atoms with van der Waals surface area (Å²) in [7, 11) is 0. The fourth-order valence-electron chi connectivity index (χ4n) is 1.41. The summed E-state index contributed by atoms with van der Waals surface area (Å²) < 4.78 is 7.86. The van der Waals surface area contributed by atoms with Gasteiger partial charge in [-0.15, -0.1) is 0 Å². The van der Waals surface area contributed by atoms with Crippen molar-refractivity contribution < 1.29 is 4.74 Å². The maximum atomic E-state index is 5.90. The normalized spacial score (nSPS) is 10.2. The van der Waals surface area contributed by atoms with Crippen LogP contribution in [0.5, 0.6) is 5.75 Å². The highest BCUT2D eigenvalue weighted by molar-refractivity contribution is 14.1. The van der Waals surface area contributed by atoms with E-state index in [0.29, 0.717) is 6.61 Å². The summed E-state index contributed by atoms with van der Waals surface area (Å²) in [5.41, 5.74) is 7.62. The van der Waals surface area contributed by atoms with Gasteiger partial charge in [0.25, 0.3) is 0 Å². The van der Waals surface area contributed by atoms with Gasteiger partial charge in [0, 0.05) is 19.3 Å². The summed E-state index contributed by atoms with van der Waals surface area (Å²) in [4.78, 5) is 0. The fourth-order valence-corrected chi connectivity index (χ4v) is 2.27. The minimum absolute atomic E-state index is 0.466. The van der Waals surface area contributed by atoms with E-state index in [2.05, 4.69) is 38.5 Å². The van der Waals surface area contributed by atoms with E-state index in [1.165, 1.54) is 3.57 Å². The highest BCUT2D eigenvalue weighted by Crippen LogP contribution is 2.24. The number of ether oxygens (including phenoxy) is 1. The number of nitrogens with two attached hydrogens (primary N) is 1. The van der Waals surface area contributed by atoms with Crippen LogP contribution in [0.1, 0.15) is 5.56 Å². The molecule has 0 bridgehead atoms. The first-order valence-corrected chi connectivity index (χ1v) is 6.95. The van der Waals surface area contributed by atoms with Crippen LogP contribution in [-0.4, -0.2) is 0 Å². The number of nitrogen functional groups attached to an aromatic ring is 1. The van der Waals surface area contributed by atoms with Gasteiger partial charge >= 0.3 is 0 Å². The molecule has 0 atom stereocenters. The van der Waals surface area contributed by atoms with E-state index in [9.17, 15) is 0 Å². The van der Waals surface area contributed by atoms with E-state index in [0.717, 1.165) is 21.5 Å². The van der Waals surface area contributed by atoms with E-state index in [4.69, 9.17) is 10.5 Å². The monoisotopic (exact) mass is 403 g/mol. The molecular weight excluding hydrogens is 393 g/mol. The SMILES string of the molecule is Nc1cccc(Br)c1COc1ccc(I)cc1. The average molecular weight is 404 g/mol. The summed E-state index contributed by atoms with van der Waals surface area (Å²) in [6, 6.07) is 13.7. The predicted molar refractivity (Wildman–Crippen MR) is 82.0 cm³/mol. The number of hydrogen-bond acceptors (Lipinski definition) is 2. The summed E-state index contributed by atoms with van der Waals surface area (Å²) in [6.07, 6.45) is 0. The minimum Gasteiger partial charge on any atom is -0.489 e. The lowest BCUT2D eigenvalue weighted by molar-refractivity contribution is 0.306. The quantitative estimate of drug-likeness (QED) is 0.615. The van der Waals surface area contributed by atoms with E-state index >= 15 is 0 Å². The first kappa shape index (κ1) is 12.7. The molecule has 17 heavy (non-hydrogen) atoms. The minimum atomic E-state index is 0.466. The second-order valence-electron chi connectivity index (χ2n) is 3.55. The third-order valence-corrected chi connectivity index (χ3v) is 3.81. The first-order chi connectivity index (χ1) is 8.16. The Morgan fingerprint density at radius 2 is 1.82 bits per heavy atom. The summed E-state index contributed by atoms with van der Waals surface area (Å²) in [5.74, 6) is 0.848. The smallest absolute Gasteiger partial charge is 0.119 e. The Morgan fingerprint density at radius 3 is 2.47 bits per heavy atom. The lowest BCUT2D eigenvalue weighted by Gasteiger charge is -2.10. The van der Waals surface area contributed by atoms with Crippen LogP contribution in [0.3, 0.4) is 0 Å². The largest absolute Gasteiger partial charge is 0.489 e. The van der Waals surface area contributed by atoms with Crippen molar-refractivity contribution in [3.8, 4) is 5.75 Å². The van der Waals surface area contributed by atoms with Crippen LogP contribution in [0, 0.1) is 3.57 Å². The molecule has 0 saturated heterocycles. The zero-order chi connectivity index (χ0) is 12.3. The second-order valence-corrected chi connectivity index (χ2v) is 5.65. The zero-order valence-electron chi connectivity index (χ0n) is 8.99. The molecule has 0 saturated carbocycles. The van der Waals surface area contributed by atoms with Crippen LogP contribution < -0.4 is 10.5 Å². The Balaban J connectivity index is 2.10. The maximum Gasteiger partial charge on any atom is 0.119 e. The first-order valence-electron chi connectivity index (χ1n) is 5.08. The Labute approximate surface area is 122 Å². The molecular formula is C13H11BrINO. The Kier molecular flexibility index (Phi) is 4.28. The molecule has 2 aromatic carbocycles. The van der Waals surface area contributed by atoms with Crippen molar-refractivity contribution in [1.29, 1.82) is 0 Å². The molecule has 0 radical (unpaired) electrons. The van der Waals surface area contributed by atoms with Crippen LogP contribution in [-0.2, 0) is 6.61 Å². The molecule has 2 N–H and O–H groups in total. The molecule has 2 aromatic rings. The van der Waals surface area contributed by atoms with Gasteiger partial charge in [-0.2, -0.15) is 0 Å². The van der Waals surface area contributed by atoms with Crippen molar-refractivity contribution in [3.63, 3.8) is 0 Å². The van der Waals surface area contributed by atoms with Crippen molar-refractivity contribution in [2.24, 2.45) is 0 Å². The molecule has 2 nitrogen and oxygen atoms in total. The third kappa shape index (κ3) is 3.35. The van der Waals surface area contributed by atoms with Gasteiger partial charge in [0.15, 0.2) is 0 Å². The molecule has 0 unspecified atom stereocenters. The summed E-state index contributed by atoms with van der Waals surface area (Å²) >= 11 is 5.74. The standard InChI is InChI=1S/C13H11BrINO/c14-12-2-1-3-13(16)11(12)8-17-10-6-4-9(15)5-7-10/h1-7H,8,16H2. The summed E-state index contributed by atoms with van der Waals surface area (Å²) in [5, 5.41) is 0. The highest BCUT2D eigenvalue weighted by atomic mass is 127. The Bertz CT molecular complexity index is 493. The van der Waals surface area contributed by atoms with Gasteiger partial charge in [-0.3, -0.25) is 0 Å². The molecule has 0 amide bonds. The fraction of sp³-hybridized carbons (Fsp3) is 0.0769. The predicted octanol–water partition coefficient (Wildman–Crippen LogP) is 4.21. The lowest BCUT2D eigenvalue weighted by atomic mass is 10.2. The molecule has 0 spiro atoms. The van der Waals surface area contributed by atoms with E-state index < -0.39 is 0 Å². The van der Waals surface area contributed by atoms with Gasteiger partial charge in [-0.05, 0) is 59.0 Å². The highest BCUT2D eigenvalue weighted by Gasteiger charge is 2.04. The molecule has 0 fully saturated rings. The number of halogens is 2. The lowest BCUT2D eigenvalue weighted by Crippen LogP contribution is -2.01. The molecule has 0 aliphatic heterocycles. The van der Waals surface area contributed by atoms with E-state index in [1.54, 1.807) is 0 Å². The molecule has 0 aromatic heterocycles. The molecule has 0 heterocycles.